The van der Waals surface area contributed by atoms with Gasteiger partial charge in [0.25, 0.3) is 11.5 Å². The molecular formula is C31H23BrN4O3. The Kier molecular flexibility index (Phi) is 6.46. The van der Waals surface area contributed by atoms with E-state index >= 15 is 0 Å². The number of pyridine rings is 2. The number of rotatable bonds is 5. The third-order valence-electron chi connectivity index (χ3n) is 6.76. The predicted octanol–water partition coefficient (Wildman–Crippen LogP) is 6.10. The molecule has 1 aliphatic heterocycles. The summed E-state index contributed by atoms with van der Waals surface area (Å²) in [7, 11) is 1.61. The minimum Gasteiger partial charge on any atom is -0.497 e. The summed E-state index contributed by atoms with van der Waals surface area (Å²) in [5.41, 5.74) is 7.75. The number of benzene rings is 3. The lowest BCUT2D eigenvalue weighted by Gasteiger charge is -2.26. The van der Waals surface area contributed by atoms with Crippen molar-refractivity contribution in [1.29, 1.82) is 0 Å². The Labute approximate surface area is 232 Å². The largest absolute Gasteiger partial charge is 0.497 e. The van der Waals surface area contributed by atoms with Gasteiger partial charge < -0.3 is 9.72 Å². The van der Waals surface area contributed by atoms with Crippen molar-refractivity contribution in [1.82, 2.24) is 20.4 Å². The number of halogens is 1. The van der Waals surface area contributed by atoms with Crippen molar-refractivity contribution in [3.05, 3.63) is 135 Å². The normalized spacial score (nSPS) is 14.7. The van der Waals surface area contributed by atoms with Gasteiger partial charge in [-0.15, -0.1) is 0 Å². The zero-order chi connectivity index (χ0) is 26.9. The van der Waals surface area contributed by atoms with Crippen LogP contribution in [0.2, 0.25) is 0 Å². The third-order valence-corrected chi connectivity index (χ3v) is 7.25. The van der Waals surface area contributed by atoms with Gasteiger partial charge in [0.15, 0.2) is 0 Å². The second kappa shape index (κ2) is 10.2. The summed E-state index contributed by atoms with van der Waals surface area (Å²) in [5.74, 6) is 0.467. The summed E-state index contributed by atoms with van der Waals surface area (Å²) < 4.78 is 6.22. The van der Waals surface area contributed by atoms with E-state index in [9.17, 15) is 9.59 Å². The fourth-order valence-electron chi connectivity index (χ4n) is 4.89. The van der Waals surface area contributed by atoms with E-state index in [1.54, 1.807) is 36.6 Å². The quantitative estimate of drug-likeness (QED) is 0.263. The van der Waals surface area contributed by atoms with Crippen molar-refractivity contribution >= 4 is 38.4 Å². The second-order valence-corrected chi connectivity index (χ2v) is 10.00. The molecule has 2 aromatic heterocycles. The number of hydrogen-bond acceptors (Lipinski definition) is 5. The van der Waals surface area contributed by atoms with Crippen LogP contribution in [0.3, 0.4) is 0 Å². The van der Waals surface area contributed by atoms with Crippen LogP contribution in [0.15, 0.2) is 113 Å². The number of aromatic amines is 1. The number of carbonyl (C=O) groups excluding carboxylic acids is 1. The molecule has 1 amide bonds. The highest BCUT2D eigenvalue weighted by atomic mass is 79.9. The lowest BCUT2D eigenvalue weighted by atomic mass is 9.94. The number of ether oxygens (including phenoxy) is 1. The Balaban J connectivity index is 1.56. The molecule has 0 saturated carbocycles. The molecule has 8 heteroatoms. The first kappa shape index (κ1) is 24.6. The minimum absolute atomic E-state index is 0.245. The molecule has 0 fully saturated rings. The molecule has 0 unspecified atom stereocenters. The Morgan fingerprint density at radius 2 is 1.69 bits per heavy atom. The molecule has 7 nitrogen and oxygen atoms in total. The Bertz CT molecular complexity index is 1770. The van der Waals surface area contributed by atoms with Crippen LogP contribution < -0.4 is 15.7 Å². The van der Waals surface area contributed by atoms with Crippen molar-refractivity contribution in [2.45, 2.75) is 6.04 Å². The monoisotopic (exact) mass is 578 g/mol. The molecule has 3 heterocycles. The molecule has 0 aliphatic carbocycles. The topological polar surface area (TPSA) is 87.3 Å². The third kappa shape index (κ3) is 4.59. The van der Waals surface area contributed by atoms with Gasteiger partial charge in [0.1, 0.15) is 5.75 Å². The first-order chi connectivity index (χ1) is 19.0. The lowest BCUT2D eigenvalue weighted by molar-refractivity contribution is 0.0672. The van der Waals surface area contributed by atoms with Gasteiger partial charge in [-0.3, -0.25) is 20.0 Å². The number of fused-ring (bicyclic) bond motifs is 1. The average Bonchev–Trinajstić information content (AvgIpc) is 3.42. The summed E-state index contributed by atoms with van der Waals surface area (Å²) >= 11 is 3.58. The number of hydrogen-bond donors (Lipinski definition) is 2. The number of carbonyl (C=O) groups is 1. The van der Waals surface area contributed by atoms with E-state index in [2.05, 4.69) is 31.3 Å². The number of hydrazine groups is 1. The summed E-state index contributed by atoms with van der Waals surface area (Å²) in [6, 6.07) is 26.0. The van der Waals surface area contributed by atoms with Crippen LogP contribution in [0.25, 0.3) is 27.7 Å². The van der Waals surface area contributed by atoms with Gasteiger partial charge >= 0.3 is 0 Å². The fraction of sp³-hybridized carbons (Fsp3) is 0.0645. The van der Waals surface area contributed by atoms with E-state index in [0.29, 0.717) is 22.6 Å². The number of aromatic nitrogens is 2. The smallest absolute Gasteiger partial charge is 0.273 e. The molecule has 192 valence electrons. The molecule has 0 spiro atoms. The predicted molar refractivity (Wildman–Crippen MR) is 155 cm³/mol. The summed E-state index contributed by atoms with van der Waals surface area (Å²) in [5, 5.41) is 2.43. The summed E-state index contributed by atoms with van der Waals surface area (Å²) in [4.78, 5) is 34.5. The van der Waals surface area contributed by atoms with Crippen LogP contribution in [0.4, 0.5) is 0 Å². The van der Waals surface area contributed by atoms with Gasteiger partial charge in [-0.2, -0.15) is 0 Å². The van der Waals surface area contributed by atoms with E-state index in [4.69, 9.17) is 4.74 Å². The van der Waals surface area contributed by atoms with Gasteiger partial charge in [0, 0.05) is 38.9 Å². The van der Waals surface area contributed by atoms with Crippen molar-refractivity contribution in [3.8, 4) is 16.9 Å². The summed E-state index contributed by atoms with van der Waals surface area (Å²) in [6.45, 7) is 0. The van der Waals surface area contributed by atoms with Gasteiger partial charge in [-0.25, -0.2) is 5.01 Å². The highest BCUT2D eigenvalue weighted by molar-refractivity contribution is 9.10. The van der Waals surface area contributed by atoms with Crippen LogP contribution in [0, 0.1) is 0 Å². The van der Waals surface area contributed by atoms with Gasteiger partial charge in [-0.05, 0) is 59.7 Å². The molecule has 1 aliphatic rings. The SMILES string of the molecule is COc1ccc([C@H]2C=C(c3c(-c4ccccc4)c4cc(Br)ccc4[nH]c3=O)NN2C(=O)c2ccncc2)cc1. The minimum atomic E-state index is -0.479. The Morgan fingerprint density at radius 1 is 0.949 bits per heavy atom. The lowest BCUT2D eigenvalue weighted by Crippen LogP contribution is -2.40. The van der Waals surface area contributed by atoms with Crippen LogP contribution in [-0.2, 0) is 0 Å². The number of amides is 1. The van der Waals surface area contributed by atoms with E-state index in [-0.39, 0.29) is 11.5 Å². The molecule has 3 aromatic carbocycles. The van der Waals surface area contributed by atoms with Crippen LogP contribution in [0.5, 0.6) is 5.75 Å². The highest BCUT2D eigenvalue weighted by Crippen LogP contribution is 2.38. The van der Waals surface area contributed by atoms with Crippen molar-refractivity contribution in [2.24, 2.45) is 0 Å². The van der Waals surface area contributed by atoms with Crippen LogP contribution in [-0.4, -0.2) is 28.0 Å². The Morgan fingerprint density at radius 3 is 2.41 bits per heavy atom. The van der Waals surface area contributed by atoms with Gasteiger partial charge in [0.05, 0.1) is 24.4 Å². The molecule has 5 aromatic rings. The van der Waals surface area contributed by atoms with Crippen LogP contribution >= 0.6 is 15.9 Å². The number of nitrogens with one attached hydrogen (secondary N) is 2. The molecule has 39 heavy (non-hydrogen) atoms. The standard InChI is InChI=1S/C31H23BrN4O3/c1-39-23-10-7-19(8-11-23)27-18-26(35-36(27)31(38)21-13-15-33-16-14-21)29-28(20-5-3-2-4-6-20)24-17-22(32)9-12-25(24)34-30(29)37/h2-18,27,35H,1H3,(H,34,37)/t27-/m1/s1. The van der Waals surface area contributed by atoms with Gasteiger partial charge in [-0.1, -0.05) is 58.4 Å². The maximum Gasteiger partial charge on any atom is 0.273 e. The molecule has 0 saturated heterocycles. The van der Waals surface area contributed by atoms with E-state index in [1.165, 1.54) is 0 Å². The average molecular weight is 579 g/mol. The second-order valence-electron chi connectivity index (χ2n) is 9.08. The fourth-order valence-corrected chi connectivity index (χ4v) is 5.25. The first-order valence-corrected chi connectivity index (χ1v) is 13.1. The van der Waals surface area contributed by atoms with Crippen molar-refractivity contribution in [3.63, 3.8) is 0 Å². The van der Waals surface area contributed by atoms with Crippen molar-refractivity contribution < 1.29 is 9.53 Å². The molecule has 2 N–H and O–H groups in total. The van der Waals surface area contributed by atoms with Gasteiger partial charge in [0.2, 0.25) is 0 Å². The van der Waals surface area contributed by atoms with E-state index in [0.717, 1.165) is 32.1 Å². The molecule has 6 rings (SSSR count). The van der Waals surface area contributed by atoms with Crippen LogP contribution in [0.1, 0.15) is 27.5 Å². The van der Waals surface area contributed by atoms with E-state index in [1.807, 2.05) is 78.9 Å². The zero-order valence-corrected chi connectivity index (χ0v) is 22.5. The highest BCUT2D eigenvalue weighted by Gasteiger charge is 2.33. The number of nitrogens with zero attached hydrogens (tertiary/aromatic N) is 2. The molecule has 0 radical (unpaired) electrons. The number of methoxy groups -OCH3 is 1. The number of H-pyrrole nitrogens is 1. The Hall–Kier alpha value is -4.69. The maximum atomic E-state index is 13.7. The summed E-state index contributed by atoms with van der Waals surface area (Å²) in [6.07, 6.45) is 5.08. The zero-order valence-electron chi connectivity index (χ0n) is 20.9. The molecular weight excluding hydrogens is 556 g/mol. The molecule has 1 atom stereocenters. The molecule has 0 bridgehead atoms. The maximum absolute atomic E-state index is 13.7. The van der Waals surface area contributed by atoms with E-state index < -0.39 is 6.04 Å². The first-order valence-electron chi connectivity index (χ1n) is 12.3. The van der Waals surface area contributed by atoms with Crippen molar-refractivity contribution in [2.75, 3.05) is 7.11 Å².